The van der Waals surface area contributed by atoms with Crippen LogP contribution >= 0.6 is 69.6 Å². The molecule has 3 atom stereocenters. The van der Waals surface area contributed by atoms with Gasteiger partial charge in [-0.25, -0.2) is 0 Å². The smallest absolute Gasteiger partial charge is 0.316 e. The summed E-state index contributed by atoms with van der Waals surface area (Å²) in [6.45, 7) is 0. The third-order valence-electron chi connectivity index (χ3n) is 4.30. The second kappa shape index (κ2) is 5.94. The first-order chi connectivity index (χ1) is 11.1. The van der Waals surface area contributed by atoms with Crippen molar-refractivity contribution in [2.24, 2.45) is 5.92 Å². The summed E-state index contributed by atoms with van der Waals surface area (Å²) in [4.78, 5) is 20.1. The number of allylic oxidation sites excluding steroid dienone is 2. The zero-order valence-electron chi connectivity index (χ0n) is 11.7. The molecule has 0 N–H and O–H groups in total. The molecule has 0 radical (unpaired) electrons. The normalized spacial score (nSPS) is 33.7. The molecule has 3 rings (SSSR count). The highest BCUT2D eigenvalue weighted by Crippen LogP contribution is 2.74. The number of alkyl halides is 4. The van der Waals surface area contributed by atoms with Crippen LogP contribution in [0.1, 0.15) is 16.8 Å². The van der Waals surface area contributed by atoms with E-state index in [1.807, 2.05) is 0 Å². The fourth-order valence-electron chi connectivity index (χ4n) is 2.96. The number of hydrogen-bond donors (Lipinski definition) is 0. The van der Waals surface area contributed by atoms with Gasteiger partial charge in [-0.15, -0.1) is 23.2 Å². The number of benzene rings is 1. The van der Waals surface area contributed by atoms with Crippen molar-refractivity contribution in [1.82, 2.24) is 0 Å². The van der Waals surface area contributed by atoms with E-state index in [-0.39, 0.29) is 22.2 Å². The van der Waals surface area contributed by atoms with E-state index in [4.69, 9.17) is 74.3 Å². The standard InChI is InChI=1S/C15H8Cl6O3/c16-10-11(17)14(19)9(5-13(10,18)15(14,20)21)12(23)24-8-3-1-7(6-22)2-4-8/h1-4,6,9H,5H2/t9-,13+,14-/m0/s1. The predicted molar refractivity (Wildman–Crippen MR) is 95.9 cm³/mol. The molecule has 0 heterocycles. The maximum atomic E-state index is 12.6. The van der Waals surface area contributed by atoms with Crippen LogP contribution in [0.4, 0.5) is 0 Å². The lowest BCUT2D eigenvalue weighted by atomic mass is 9.92. The van der Waals surface area contributed by atoms with Crippen LogP contribution in [-0.4, -0.2) is 26.3 Å². The molecule has 1 saturated carbocycles. The fourth-order valence-corrected chi connectivity index (χ4v) is 5.71. The third kappa shape index (κ3) is 2.26. The molecule has 0 aliphatic heterocycles. The van der Waals surface area contributed by atoms with E-state index in [1.54, 1.807) is 0 Å². The Hall–Kier alpha value is -0.160. The van der Waals surface area contributed by atoms with Crippen molar-refractivity contribution < 1.29 is 14.3 Å². The van der Waals surface area contributed by atoms with Crippen molar-refractivity contribution in [3.05, 3.63) is 39.9 Å². The molecule has 1 aromatic carbocycles. The molecule has 24 heavy (non-hydrogen) atoms. The Kier molecular flexibility index (Phi) is 4.61. The third-order valence-corrected chi connectivity index (χ3v) is 8.58. The van der Waals surface area contributed by atoms with E-state index in [0.29, 0.717) is 11.8 Å². The summed E-state index contributed by atoms with van der Waals surface area (Å²) in [6.07, 6.45) is 0.653. The van der Waals surface area contributed by atoms with Gasteiger partial charge in [-0.2, -0.15) is 0 Å². The van der Waals surface area contributed by atoms with Crippen molar-refractivity contribution in [2.75, 3.05) is 0 Å². The molecule has 1 fully saturated rings. The molecule has 1 aromatic rings. The summed E-state index contributed by atoms with van der Waals surface area (Å²) in [5, 5.41) is -0.0273. The molecule has 128 valence electrons. The molecule has 0 spiro atoms. The Labute approximate surface area is 167 Å². The molecule has 2 aliphatic rings. The Bertz CT molecular complexity index is 759. The molecule has 2 bridgehead atoms. The second-order valence-corrected chi connectivity index (χ2v) is 8.90. The molecule has 0 amide bonds. The van der Waals surface area contributed by atoms with Gasteiger partial charge in [0.2, 0.25) is 0 Å². The van der Waals surface area contributed by atoms with Crippen molar-refractivity contribution >= 4 is 81.9 Å². The zero-order chi connectivity index (χ0) is 17.9. The maximum Gasteiger partial charge on any atom is 0.316 e. The summed E-state index contributed by atoms with van der Waals surface area (Å²) in [5.74, 6) is -1.45. The number of hydrogen-bond acceptors (Lipinski definition) is 3. The van der Waals surface area contributed by atoms with E-state index in [1.165, 1.54) is 24.3 Å². The molecule has 0 aromatic heterocycles. The Morgan fingerprint density at radius 3 is 2.12 bits per heavy atom. The first kappa shape index (κ1) is 18.6. The molecule has 0 saturated heterocycles. The lowest BCUT2D eigenvalue weighted by Gasteiger charge is -2.32. The van der Waals surface area contributed by atoms with E-state index >= 15 is 0 Å². The summed E-state index contributed by atoms with van der Waals surface area (Å²) in [6, 6.07) is 5.97. The van der Waals surface area contributed by atoms with E-state index in [2.05, 4.69) is 0 Å². The number of esters is 1. The van der Waals surface area contributed by atoms with Gasteiger partial charge in [0.1, 0.15) is 21.8 Å². The Morgan fingerprint density at radius 1 is 1.08 bits per heavy atom. The first-order valence-corrected chi connectivity index (χ1v) is 8.95. The lowest BCUT2D eigenvalue weighted by Crippen LogP contribution is -2.46. The number of fused-ring (bicyclic) bond motifs is 2. The monoisotopic (exact) mass is 446 g/mol. The number of halogens is 6. The highest BCUT2D eigenvalue weighted by atomic mass is 35.5. The molecule has 2 aliphatic carbocycles. The van der Waals surface area contributed by atoms with Crippen molar-refractivity contribution in [3.63, 3.8) is 0 Å². The van der Waals surface area contributed by atoms with E-state index in [9.17, 15) is 9.59 Å². The predicted octanol–water partition coefficient (Wildman–Crippen LogP) is 5.26. The van der Waals surface area contributed by atoms with Gasteiger partial charge in [0, 0.05) is 5.56 Å². The van der Waals surface area contributed by atoms with Gasteiger partial charge in [0.25, 0.3) is 0 Å². The number of carbonyl (C=O) groups is 2. The highest BCUT2D eigenvalue weighted by molar-refractivity contribution is 6.66. The Morgan fingerprint density at radius 2 is 1.67 bits per heavy atom. The summed E-state index contributed by atoms with van der Waals surface area (Å²) in [5.41, 5.74) is 0.446. The van der Waals surface area contributed by atoms with Crippen LogP contribution in [0.3, 0.4) is 0 Å². The van der Waals surface area contributed by atoms with Gasteiger partial charge in [-0.1, -0.05) is 46.4 Å². The lowest BCUT2D eigenvalue weighted by molar-refractivity contribution is -0.139. The fraction of sp³-hybridized carbons (Fsp3) is 0.333. The van der Waals surface area contributed by atoms with Gasteiger partial charge in [0.15, 0.2) is 4.33 Å². The van der Waals surface area contributed by atoms with Crippen LogP contribution in [0.15, 0.2) is 34.3 Å². The number of rotatable bonds is 3. The topological polar surface area (TPSA) is 43.4 Å². The Balaban J connectivity index is 1.91. The minimum absolute atomic E-state index is 0.0225. The van der Waals surface area contributed by atoms with Gasteiger partial charge >= 0.3 is 5.97 Å². The molecular weight excluding hydrogens is 441 g/mol. The van der Waals surface area contributed by atoms with Crippen LogP contribution in [0.5, 0.6) is 5.75 Å². The van der Waals surface area contributed by atoms with Gasteiger partial charge < -0.3 is 4.74 Å². The van der Waals surface area contributed by atoms with Crippen molar-refractivity contribution in [2.45, 2.75) is 20.5 Å². The molecule has 9 heteroatoms. The van der Waals surface area contributed by atoms with Crippen LogP contribution in [0.25, 0.3) is 0 Å². The molecule has 0 unspecified atom stereocenters. The summed E-state index contributed by atoms with van der Waals surface area (Å²) >= 11 is 37.9. The first-order valence-electron chi connectivity index (χ1n) is 6.68. The number of aldehydes is 1. The quantitative estimate of drug-likeness (QED) is 0.274. The van der Waals surface area contributed by atoms with Crippen LogP contribution in [0, 0.1) is 5.92 Å². The van der Waals surface area contributed by atoms with E-state index in [0.717, 1.165) is 0 Å². The highest BCUT2D eigenvalue weighted by Gasteiger charge is 2.80. The number of carbonyl (C=O) groups excluding carboxylic acids is 2. The van der Waals surface area contributed by atoms with Crippen LogP contribution in [0.2, 0.25) is 0 Å². The SMILES string of the molecule is O=Cc1ccc(OC(=O)[C@@H]2C[C@@]3(Cl)C(Cl)=C(Cl)[C@]2(Cl)C3(Cl)Cl)cc1. The second-order valence-electron chi connectivity index (χ2n) is 5.58. The minimum atomic E-state index is -1.78. The average molecular weight is 449 g/mol. The van der Waals surface area contributed by atoms with Crippen molar-refractivity contribution in [1.29, 1.82) is 0 Å². The van der Waals surface area contributed by atoms with Gasteiger partial charge in [0.05, 0.1) is 16.0 Å². The number of ether oxygens (including phenoxy) is 1. The van der Waals surface area contributed by atoms with Crippen LogP contribution < -0.4 is 4.74 Å². The molecule has 3 nitrogen and oxygen atoms in total. The zero-order valence-corrected chi connectivity index (χ0v) is 16.2. The maximum absolute atomic E-state index is 12.6. The van der Waals surface area contributed by atoms with Crippen molar-refractivity contribution in [3.8, 4) is 5.75 Å². The molecular formula is C15H8Cl6O3. The van der Waals surface area contributed by atoms with Gasteiger partial charge in [-0.3, -0.25) is 9.59 Å². The van der Waals surface area contributed by atoms with E-state index < -0.39 is 26.0 Å². The summed E-state index contributed by atoms with van der Waals surface area (Å²) in [7, 11) is 0. The average Bonchev–Trinajstić information content (AvgIpc) is 2.77. The minimum Gasteiger partial charge on any atom is -0.426 e. The largest absolute Gasteiger partial charge is 0.426 e. The summed E-state index contributed by atoms with van der Waals surface area (Å²) < 4.78 is 3.52. The van der Waals surface area contributed by atoms with Gasteiger partial charge in [-0.05, 0) is 30.7 Å². The van der Waals surface area contributed by atoms with Crippen LogP contribution in [-0.2, 0) is 4.79 Å².